The molecule has 11 nitrogen and oxygen atoms in total. The first kappa shape index (κ1) is 25.4. The van der Waals surface area contributed by atoms with Gasteiger partial charge in [0.2, 0.25) is 11.8 Å². The van der Waals surface area contributed by atoms with Crippen LogP contribution in [0.3, 0.4) is 0 Å². The van der Waals surface area contributed by atoms with E-state index in [0.29, 0.717) is 17.3 Å². The van der Waals surface area contributed by atoms with Gasteiger partial charge in [-0.05, 0) is 17.4 Å². The molecule has 0 radical (unpaired) electrons. The van der Waals surface area contributed by atoms with Crippen molar-refractivity contribution >= 4 is 27.5 Å². The summed E-state index contributed by atoms with van der Waals surface area (Å²) in [6.45, 7) is 8.24. The van der Waals surface area contributed by atoms with Crippen LogP contribution in [0.25, 0.3) is 0 Å². The highest BCUT2D eigenvalue weighted by molar-refractivity contribution is 7.95. The van der Waals surface area contributed by atoms with Crippen LogP contribution in [-0.4, -0.2) is 54.6 Å². The van der Waals surface area contributed by atoms with Crippen LogP contribution in [0, 0.1) is 4.78 Å². The van der Waals surface area contributed by atoms with Gasteiger partial charge in [-0.3, -0.25) is 0 Å². The molecule has 1 aromatic rings. The number of rotatable bonds is 8. The third-order valence-corrected chi connectivity index (χ3v) is 6.16. The number of hydrogen-bond acceptors (Lipinski definition) is 9. The molecule has 2 heterocycles. The molecule has 0 fully saturated rings. The number of ether oxygens (including phenoxy) is 3. The van der Waals surface area contributed by atoms with Crippen LogP contribution in [0.1, 0.15) is 50.8 Å². The minimum Gasteiger partial charge on any atom is -0.481 e. The van der Waals surface area contributed by atoms with E-state index in [-0.39, 0.29) is 41.9 Å². The minimum atomic E-state index is -3.86. The van der Waals surface area contributed by atoms with Crippen molar-refractivity contribution in [2.75, 3.05) is 32.7 Å². The van der Waals surface area contributed by atoms with Crippen molar-refractivity contribution in [2.24, 2.45) is 10.7 Å². The van der Waals surface area contributed by atoms with E-state index in [9.17, 15) is 9.00 Å². The number of hydrogen-bond donors (Lipinski definition) is 4. The van der Waals surface area contributed by atoms with E-state index < -0.39 is 15.9 Å². The van der Waals surface area contributed by atoms with Crippen LogP contribution in [0.2, 0.25) is 0 Å². The van der Waals surface area contributed by atoms with Crippen molar-refractivity contribution < 1.29 is 23.2 Å². The number of carbonyl (C=O) groups is 1. The average Bonchev–Trinajstić information content (AvgIpc) is 2.73. The molecule has 1 aliphatic heterocycles. The van der Waals surface area contributed by atoms with Crippen LogP contribution in [0.4, 0.5) is 10.5 Å². The smallest absolute Gasteiger partial charge is 0.332 e. The Morgan fingerprint density at radius 3 is 2.50 bits per heavy atom. The predicted octanol–water partition coefficient (Wildman–Crippen LogP) is 2.66. The zero-order valence-electron chi connectivity index (χ0n) is 19.2. The van der Waals surface area contributed by atoms with Crippen molar-refractivity contribution in [3.63, 3.8) is 0 Å². The van der Waals surface area contributed by atoms with Crippen molar-refractivity contribution in [2.45, 2.75) is 45.6 Å². The number of methoxy groups -OCH3 is 2. The summed E-state index contributed by atoms with van der Waals surface area (Å²) in [4.78, 5) is 21.2. The second-order valence-corrected chi connectivity index (χ2v) is 9.54. The number of aromatic nitrogens is 1. The Bertz CT molecular complexity index is 975. The van der Waals surface area contributed by atoms with Gasteiger partial charge in [0.1, 0.15) is 17.6 Å². The molecule has 12 heteroatoms. The highest BCUT2D eigenvalue weighted by Crippen LogP contribution is 2.34. The molecule has 1 aromatic heterocycles. The topological polar surface area (TPSA) is 161 Å². The number of pyridine rings is 1. The van der Waals surface area contributed by atoms with Gasteiger partial charge in [-0.1, -0.05) is 27.7 Å². The number of urea groups is 1. The summed E-state index contributed by atoms with van der Waals surface area (Å²) >= 11 is 0. The Hall–Kier alpha value is -2.86. The van der Waals surface area contributed by atoms with Crippen molar-refractivity contribution in [1.82, 2.24) is 9.71 Å². The van der Waals surface area contributed by atoms with Crippen molar-refractivity contribution in [1.29, 1.82) is 4.78 Å². The van der Waals surface area contributed by atoms with Gasteiger partial charge in [-0.15, -0.1) is 0 Å². The van der Waals surface area contributed by atoms with E-state index in [0.717, 1.165) is 11.8 Å². The van der Waals surface area contributed by atoms with E-state index in [1.807, 2.05) is 27.7 Å². The molecule has 2 rings (SSSR count). The Kier molecular flexibility index (Phi) is 8.44. The summed E-state index contributed by atoms with van der Waals surface area (Å²) in [5.74, 6) is 0.385. The Morgan fingerprint density at radius 1 is 1.34 bits per heavy atom. The Balaban J connectivity index is 2.31. The summed E-state index contributed by atoms with van der Waals surface area (Å²) in [7, 11) is -0.811. The zero-order chi connectivity index (χ0) is 24.1. The number of nitrogens with one attached hydrogen (secondary N) is 3. The van der Waals surface area contributed by atoms with E-state index in [1.54, 1.807) is 6.07 Å². The maximum Gasteiger partial charge on any atom is 0.332 e. The lowest BCUT2D eigenvalue weighted by Gasteiger charge is -2.23. The van der Waals surface area contributed by atoms with E-state index in [4.69, 9.17) is 24.7 Å². The van der Waals surface area contributed by atoms with E-state index in [1.165, 1.54) is 14.2 Å². The molecule has 0 aromatic carbocycles. The molecular formula is C20H32N6O5S. The number of anilines is 1. The predicted molar refractivity (Wildman–Crippen MR) is 123 cm³/mol. The number of carbonyl (C=O) groups excluding carboxylic acids is 1. The molecule has 178 valence electrons. The first-order chi connectivity index (χ1) is 15.0. The van der Waals surface area contributed by atoms with Gasteiger partial charge >= 0.3 is 6.03 Å². The molecule has 1 aliphatic rings. The van der Waals surface area contributed by atoms with Gasteiger partial charge in [0, 0.05) is 19.4 Å². The number of nitrogens with two attached hydrogens (primary N) is 1. The van der Waals surface area contributed by atoms with Crippen molar-refractivity contribution in [3.8, 4) is 5.88 Å². The molecular weight excluding hydrogens is 436 g/mol. The van der Waals surface area contributed by atoms with E-state index in [2.05, 4.69) is 20.0 Å². The van der Waals surface area contributed by atoms with E-state index >= 15 is 0 Å². The summed E-state index contributed by atoms with van der Waals surface area (Å²) in [6, 6.07) is 0.901. The average molecular weight is 469 g/mol. The maximum absolute atomic E-state index is 13.0. The van der Waals surface area contributed by atoms with Gasteiger partial charge < -0.3 is 25.3 Å². The molecule has 5 N–H and O–H groups in total. The maximum atomic E-state index is 13.0. The fraction of sp³-hybridized carbons (Fsp3) is 0.550. The number of nitrogens with zero attached hydrogens (tertiary/aromatic N) is 2. The Morgan fingerprint density at radius 2 is 2.03 bits per heavy atom. The normalized spacial score (nSPS) is 18.6. The molecule has 0 bridgehead atoms. The first-order valence-electron chi connectivity index (χ1n) is 10.1. The van der Waals surface area contributed by atoms with Gasteiger partial charge in [-0.2, -0.15) is 0 Å². The minimum absolute atomic E-state index is 0.0310. The molecule has 32 heavy (non-hydrogen) atoms. The standard InChI is InChI=1S/C20H32N6O5S/c1-11(2)14-7-16(30-6)24-17(12(3)4)18(14)25-20(27)26-32(22,28)15(8-21)19-23-9-13(29-5)10-31-19/h7-8,11-13H,9-10,21H2,1-6H3,(H3,22,25,26,27,28)/t13-,32?/m0/s1. The van der Waals surface area contributed by atoms with Crippen LogP contribution >= 0.6 is 0 Å². The van der Waals surface area contributed by atoms with Gasteiger partial charge in [0.25, 0.3) is 0 Å². The summed E-state index contributed by atoms with van der Waals surface area (Å²) in [5.41, 5.74) is 7.49. The molecule has 0 saturated carbocycles. The molecule has 2 atom stereocenters. The third-order valence-electron chi connectivity index (χ3n) is 4.76. The molecule has 2 amide bonds. The highest BCUT2D eigenvalue weighted by Gasteiger charge is 2.28. The first-order valence-corrected chi connectivity index (χ1v) is 11.7. The lowest BCUT2D eigenvalue weighted by atomic mass is 9.97. The fourth-order valence-corrected chi connectivity index (χ4v) is 4.02. The fourth-order valence-electron chi connectivity index (χ4n) is 3.04. The lowest BCUT2D eigenvalue weighted by Crippen LogP contribution is -2.39. The van der Waals surface area contributed by atoms with Crippen LogP contribution in [0.15, 0.2) is 22.2 Å². The third kappa shape index (κ3) is 5.88. The van der Waals surface area contributed by atoms with Gasteiger partial charge in [0.15, 0.2) is 9.92 Å². The summed E-state index contributed by atoms with van der Waals surface area (Å²) in [6.07, 6.45) is 0.706. The SMILES string of the molecule is COc1cc(C(C)C)c(NC(=O)NS(=N)(=O)C(=CN)C2=NC[C@H](OC)CO2)c(C(C)C)n1. The van der Waals surface area contributed by atoms with Crippen LogP contribution in [-0.2, 0) is 19.4 Å². The second kappa shape index (κ2) is 10.6. The van der Waals surface area contributed by atoms with Crippen LogP contribution in [0.5, 0.6) is 5.88 Å². The molecule has 0 saturated heterocycles. The molecule has 0 spiro atoms. The largest absolute Gasteiger partial charge is 0.481 e. The molecule has 0 aliphatic carbocycles. The monoisotopic (exact) mass is 468 g/mol. The molecule has 1 unspecified atom stereocenters. The quantitative estimate of drug-likeness (QED) is 0.456. The zero-order valence-corrected chi connectivity index (χ0v) is 20.0. The highest BCUT2D eigenvalue weighted by atomic mass is 32.2. The van der Waals surface area contributed by atoms with Gasteiger partial charge in [0.05, 0.1) is 25.0 Å². The van der Waals surface area contributed by atoms with Gasteiger partial charge in [-0.25, -0.2) is 28.5 Å². The number of aliphatic imine (C=N–C) groups is 1. The summed E-state index contributed by atoms with van der Waals surface area (Å²) in [5, 5.41) is 2.71. The second-order valence-electron chi connectivity index (χ2n) is 7.78. The van der Waals surface area contributed by atoms with Crippen molar-refractivity contribution in [3.05, 3.63) is 28.4 Å². The summed E-state index contributed by atoms with van der Waals surface area (Å²) < 4.78 is 39.3. The Labute approximate surface area is 188 Å². The van der Waals surface area contributed by atoms with Crippen LogP contribution < -0.4 is 20.5 Å². The number of amides is 2. The lowest BCUT2D eigenvalue weighted by molar-refractivity contribution is 0.0507.